The van der Waals surface area contributed by atoms with E-state index < -0.39 is 46.2 Å². The number of rotatable bonds is 6. The third-order valence-electron chi connectivity index (χ3n) is 7.01. The number of aliphatic hydroxyl groups excluding tert-OH is 1. The number of piperidine rings is 2. The van der Waals surface area contributed by atoms with E-state index in [1.807, 2.05) is 0 Å². The number of hydrogen-bond donors (Lipinski definition) is 2. The monoisotopic (exact) mass is 526 g/mol. The molecule has 3 fully saturated rings. The summed E-state index contributed by atoms with van der Waals surface area (Å²) in [5, 5.41) is 10.00. The maximum atomic E-state index is 15.9. The predicted octanol–water partition coefficient (Wildman–Crippen LogP) is 2.64. The van der Waals surface area contributed by atoms with Gasteiger partial charge in [-0.1, -0.05) is 30.3 Å². The van der Waals surface area contributed by atoms with Gasteiger partial charge in [0.05, 0.1) is 12.3 Å². The van der Waals surface area contributed by atoms with E-state index in [0.717, 1.165) is 6.26 Å². The molecule has 2 N–H and O–H groups in total. The van der Waals surface area contributed by atoms with Gasteiger partial charge in [0.25, 0.3) is 5.91 Å². The number of benzene rings is 2. The molecule has 2 aromatic carbocycles. The van der Waals surface area contributed by atoms with Crippen LogP contribution in [0.5, 0.6) is 11.5 Å². The average Bonchev–Trinajstić information content (AvgIpc) is 3.07. The Balaban J connectivity index is 1.53. The fourth-order valence-corrected chi connectivity index (χ4v) is 6.31. The Bertz CT molecular complexity index is 1310. The van der Waals surface area contributed by atoms with Gasteiger partial charge in [0.15, 0.2) is 11.5 Å². The molecule has 194 valence electrons. The van der Waals surface area contributed by atoms with E-state index in [-0.39, 0.29) is 46.6 Å². The molecule has 0 spiro atoms. The summed E-state index contributed by atoms with van der Waals surface area (Å²) in [6, 6.07) is 7.00. The van der Waals surface area contributed by atoms with Gasteiger partial charge in [-0.05, 0) is 43.7 Å². The number of fused-ring (bicyclic) bond motifs is 3. The summed E-state index contributed by atoms with van der Waals surface area (Å²) in [7, 11) is -3.65. The van der Waals surface area contributed by atoms with Crippen LogP contribution in [0.2, 0.25) is 0 Å². The Hall–Kier alpha value is -2.83. The molecule has 3 aliphatic heterocycles. The smallest absolute Gasteiger partial charge is 0.395 e. The second kappa shape index (κ2) is 8.63. The molecule has 0 radical (unpaired) electrons. The van der Waals surface area contributed by atoms with Crippen LogP contribution in [0.15, 0.2) is 36.4 Å². The molecule has 0 aromatic heterocycles. The highest BCUT2D eigenvalue weighted by molar-refractivity contribution is 7.88. The van der Waals surface area contributed by atoms with Crippen LogP contribution in [0.25, 0.3) is 11.1 Å². The topological polar surface area (TPSA) is 105 Å². The summed E-state index contributed by atoms with van der Waals surface area (Å²) >= 11 is 0. The lowest BCUT2D eigenvalue weighted by molar-refractivity contribution is -0.286. The molecule has 4 aliphatic rings. The Morgan fingerprint density at radius 3 is 2.53 bits per heavy atom. The van der Waals surface area contributed by atoms with Crippen LogP contribution in [-0.2, 0) is 21.2 Å². The summed E-state index contributed by atoms with van der Waals surface area (Å²) in [5.74, 6) is -1.83. The third-order valence-corrected chi connectivity index (χ3v) is 7.71. The first-order chi connectivity index (χ1) is 16.8. The number of sulfonamides is 1. The number of para-hydroxylation sites is 1. The first-order valence-corrected chi connectivity index (χ1v) is 13.4. The lowest BCUT2D eigenvalue weighted by Crippen LogP contribution is -2.71. The highest BCUT2D eigenvalue weighted by Gasteiger charge is 2.53. The van der Waals surface area contributed by atoms with Gasteiger partial charge in [-0.25, -0.2) is 17.5 Å². The number of amides is 1. The first-order valence-electron chi connectivity index (χ1n) is 11.5. The Labute approximate surface area is 206 Å². The summed E-state index contributed by atoms with van der Waals surface area (Å²) in [4.78, 5) is 14.4. The van der Waals surface area contributed by atoms with Crippen LogP contribution in [0.1, 0.15) is 25.3 Å². The SMILES string of the molecule is C[C@@H](O)C(=O)N1C2CC(C2)[C@H](NS(C)(=O)=O)[C@@H]1Cc1cccc(-c2cccc3c2OC(F)(F)O3)c1F. The average molecular weight is 527 g/mol. The number of aliphatic hydroxyl groups is 1. The minimum absolute atomic E-state index is 0.00681. The lowest BCUT2D eigenvalue weighted by Gasteiger charge is -2.58. The second-order valence-corrected chi connectivity index (χ2v) is 11.4. The number of alkyl halides is 2. The van der Waals surface area contributed by atoms with Gasteiger partial charge in [0.2, 0.25) is 10.0 Å². The van der Waals surface area contributed by atoms with Crippen LogP contribution >= 0.6 is 0 Å². The minimum Gasteiger partial charge on any atom is -0.395 e. The zero-order valence-electron chi connectivity index (χ0n) is 19.4. The van der Waals surface area contributed by atoms with Crippen molar-refractivity contribution < 1.29 is 41.0 Å². The normalized spacial score (nSPS) is 26.9. The fourth-order valence-electron chi connectivity index (χ4n) is 5.47. The lowest BCUT2D eigenvalue weighted by atomic mass is 9.66. The largest absolute Gasteiger partial charge is 0.586 e. The zero-order valence-corrected chi connectivity index (χ0v) is 20.3. The van der Waals surface area contributed by atoms with Crippen LogP contribution in [0.4, 0.5) is 13.2 Å². The van der Waals surface area contributed by atoms with Crippen LogP contribution in [0.3, 0.4) is 0 Å². The molecular formula is C24H25F3N2O6S. The molecule has 6 rings (SSSR count). The van der Waals surface area contributed by atoms with Crippen molar-refractivity contribution in [3.8, 4) is 22.6 Å². The molecule has 36 heavy (non-hydrogen) atoms. The summed E-state index contributed by atoms with van der Waals surface area (Å²) < 4.78 is 79.1. The van der Waals surface area contributed by atoms with Crippen molar-refractivity contribution in [1.29, 1.82) is 0 Å². The number of halogens is 3. The van der Waals surface area contributed by atoms with E-state index in [1.165, 1.54) is 42.2 Å². The summed E-state index contributed by atoms with van der Waals surface area (Å²) in [5.41, 5.74) is 0.219. The predicted molar refractivity (Wildman–Crippen MR) is 122 cm³/mol. The quantitative estimate of drug-likeness (QED) is 0.600. The van der Waals surface area contributed by atoms with Gasteiger partial charge >= 0.3 is 6.29 Å². The molecule has 2 bridgehead atoms. The first kappa shape index (κ1) is 24.8. The van der Waals surface area contributed by atoms with E-state index in [0.29, 0.717) is 12.8 Å². The molecule has 2 aromatic rings. The number of ether oxygens (including phenoxy) is 2. The van der Waals surface area contributed by atoms with Crippen molar-refractivity contribution >= 4 is 15.9 Å². The van der Waals surface area contributed by atoms with E-state index in [9.17, 15) is 27.1 Å². The van der Waals surface area contributed by atoms with Crippen molar-refractivity contribution in [2.45, 2.75) is 56.7 Å². The van der Waals surface area contributed by atoms with Crippen molar-refractivity contribution in [1.82, 2.24) is 9.62 Å². The van der Waals surface area contributed by atoms with Crippen LogP contribution < -0.4 is 14.2 Å². The molecular weight excluding hydrogens is 501 g/mol. The van der Waals surface area contributed by atoms with Gasteiger partial charge in [0.1, 0.15) is 11.9 Å². The number of carbonyl (C=O) groups excluding carboxylic acids is 1. The Kier molecular flexibility index (Phi) is 5.96. The Morgan fingerprint density at radius 2 is 1.86 bits per heavy atom. The molecule has 3 atom stereocenters. The van der Waals surface area contributed by atoms with Gasteiger partial charge in [0, 0.05) is 23.2 Å². The van der Waals surface area contributed by atoms with E-state index in [4.69, 9.17) is 0 Å². The fraction of sp³-hybridized carbons (Fsp3) is 0.458. The van der Waals surface area contributed by atoms with Crippen LogP contribution in [-0.4, -0.2) is 61.1 Å². The van der Waals surface area contributed by atoms with Crippen molar-refractivity contribution in [2.75, 3.05) is 6.26 Å². The molecule has 2 saturated heterocycles. The summed E-state index contributed by atoms with van der Waals surface area (Å²) in [6.07, 6.45) is -3.07. The maximum absolute atomic E-state index is 15.9. The van der Waals surface area contributed by atoms with E-state index in [2.05, 4.69) is 14.2 Å². The number of carbonyl (C=O) groups is 1. The van der Waals surface area contributed by atoms with E-state index in [1.54, 1.807) is 6.07 Å². The van der Waals surface area contributed by atoms with Crippen LogP contribution in [0, 0.1) is 11.7 Å². The third kappa shape index (κ3) is 4.41. The number of hydrogen-bond acceptors (Lipinski definition) is 6. The highest BCUT2D eigenvalue weighted by Crippen LogP contribution is 2.48. The molecule has 1 aliphatic carbocycles. The highest BCUT2D eigenvalue weighted by atomic mass is 32.2. The molecule has 8 nitrogen and oxygen atoms in total. The zero-order chi connectivity index (χ0) is 26.0. The Morgan fingerprint density at radius 1 is 1.19 bits per heavy atom. The molecule has 1 amide bonds. The molecule has 0 unspecified atom stereocenters. The van der Waals surface area contributed by atoms with Crippen molar-refractivity contribution in [3.63, 3.8) is 0 Å². The van der Waals surface area contributed by atoms with Crippen molar-refractivity contribution in [2.24, 2.45) is 5.92 Å². The van der Waals surface area contributed by atoms with E-state index >= 15 is 4.39 Å². The van der Waals surface area contributed by atoms with Crippen molar-refractivity contribution in [3.05, 3.63) is 47.8 Å². The van der Waals surface area contributed by atoms with Gasteiger partial charge < -0.3 is 19.5 Å². The van der Waals surface area contributed by atoms with Gasteiger partial charge in [-0.2, -0.15) is 0 Å². The maximum Gasteiger partial charge on any atom is 0.586 e. The minimum atomic E-state index is -3.87. The van der Waals surface area contributed by atoms with Gasteiger partial charge in [-0.3, -0.25) is 4.79 Å². The van der Waals surface area contributed by atoms with Gasteiger partial charge in [-0.15, -0.1) is 8.78 Å². The summed E-state index contributed by atoms with van der Waals surface area (Å²) in [6.45, 7) is 1.33. The molecule has 1 saturated carbocycles. The number of nitrogens with zero attached hydrogens (tertiary/aromatic N) is 1. The second-order valence-electron chi connectivity index (χ2n) is 9.57. The molecule has 3 heterocycles. The standard InChI is InChI=1S/C24H25F3N2O6S/c1-12(30)23(31)29-15-9-14(10-15)21(28-36(2,32)33)18(29)11-13-5-3-6-16(20(13)25)17-7-4-8-19-22(17)35-24(26,27)34-19/h3-8,12,14-15,18,21,28,30H,9-11H2,1-2H3/t12-,14?,15?,18+,21+/m1/s1. The number of nitrogens with one attached hydrogen (secondary N) is 1. The molecule has 12 heteroatoms.